The van der Waals surface area contributed by atoms with Crippen LogP contribution in [0, 0.1) is 10.1 Å². The SMILES string of the molecule is COc1ccc(CN(C)C(=O)CCNc2ccc(C(F)(F)F)cc2[N+](=O)[O-])c(OC)c1. The van der Waals surface area contributed by atoms with Crippen LogP contribution in [0.25, 0.3) is 0 Å². The van der Waals surface area contributed by atoms with E-state index in [9.17, 15) is 28.1 Å². The number of nitro groups is 1. The number of ether oxygens (including phenoxy) is 2. The summed E-state index contributed by atoms with van der Waals surface area (Å²) in [4.78, 5) is 24.1. The fourth-order valence-corrected chi connectivity index (χ4v) is 2.83. The molecule has 1 N–H and O–H groups in total. The number of nitrogens with zero attached hydrogens (tertiary/aromatic N) is 2. The molecule has 0 heterocycles. The molecule has 0 spiro atoms. The largest absolute Gasteiger partial charge is 0.497 e. The highest BCUT2D eigenvalue weighted by Gasteiger charge is 2.33. The smallest absolute Gasteiger partial charge is 0.416 e. The number of rotatable bonds is 9. The number of alkyl halides is 3. The van der Waals surface area contributed by atoms with Crippen molar-refractivity contribution in [2.75, 3.05) is 33.1 Å². The summed E-state index contributed by atoms with van der Waals surface area (Å²) in [5.41, 5.74) is -1.16. The van der Waals surface area contributed by atoms with Crippen molar-refractivity contribution in [3.63, 3.8) is 0 Å². The summed E-state index contributed by atoms with van der Waals surface area (Å²) >= 11 is 0. The van der Waals surface area contributed by atoms with Crippen LogP contribution in [0.15, 0.2) is 36.4 Å². The maximum absolute atomic E-state index is 12.8. The number of carbonyl (C=O) groups excluding carboxylic acids is 1. The topological polar surface area (TPSA) is 93.9 Å². The third-order valence-corrected chi connectivity index (χ3v) is 4.50. The first-order valence-corrected chi connectivity index (χ1v) is 9.11. The molecule has 0 fully saturated rings. The predicted molar refractivity (Wildman–Crippen MR) is 107 cm³/mol. The van der Waals surface area contributed by atoms with E-state index in [2.05, 4.69) is 5.32 Å². The van der Waals surface area contributed by atoms with Gasteiger partial charge in [-0.3, -0.25) is 14.9 Å². The van der Waals surface area contributed by atoms with E-state index in [1.165, 1.54) is 19.1 Å². The standard InChI is InChI=1S/C20H22F3N3O5/c1-25(12-13-4-6-15(30-2)11-18(13)31-3)19(27)8-9-24-16-7-5-14(20(21,22)23)10-17(16)26(28)29/h4-7,10-11,24H,8-9,12H2,1-3H3. The number of anilines is 1. The van der Waals surface area contributed by atoms with E-state index >= 15 is 0 Å². The maximum Gasteiger partial charge on any atom is 0.416 e. The average Bonchev–Trinajstić information content (AvgIpc) is 2.73. The van der Waals surface area contributed by atoms with Gasteiger partial charge in [0.1, 0.15) is 17.2 Å². The Morgan fingerprint density at radius 1 is 1.16 bits per heavy atom. The Bertz CT molecular complexity index is 950. The van der Waals surface area contributed by atoms with Crippen LogP contribution in [0.5, 0.6) is 11.5 Å². The van der Waals surface area contributed by atoms with Gasteiger partial charge in [-0.05, 0) is 24.3 Å². The van der Waals surface area contributed by atoms with Crippen molar-refractivity contribution in [1.29, 1.82) is 0 Å². The van der Waals surface area contributed by atoms with Crippen molar-refractivity contribution in [2.24, 2.45) is 0 Å². The van der Waals surface area contributed by atoms with Crippen LogP contribution in [-0.4, -0.2) is 43.5 Å². The van der Waals surface area contributed by atoms with Crippen molar-refractivity contribution >= 4 is 17.3 Å². The van der Waals surface area contributed by atoms with Crippen molar-refractivity contribution < 1.29 is 32.4 Å². The van der Waals surface area contributed by atoms with E-state index in [4.69, 9.17) is 9.47 Å². The summed E-state index contributed by atoms with van der Waals surface area (Å²) in [5.74, 6) is 0.898. The van der Waals surface area contributed by atoms with Crippen LogP contribution >= 0.6 is 0 Å². The Kier molecular flexibility index (Phi) is 7.67. The summed E-state index contributed by atoms with van der Waals surface area (Å²) in [6, 6.07) is 7.40. The number of methoxy groups -OCH3 is 2. The highest BCUT2D eigenvalue weighted by molar-refractivity contribution is 5.77. The summed E-state index contributed by atoms with van der Waals surface area (Å²) < 4.78 is 48.8. The maximum atomic E-state index is 12.8. The third-order valence-electron chi connectivity index (χ3n) is 4.50. The van der Waals surface area contributed by atoms with Gasteiger partial charge < -0.3 is 19.7 Å². The van der Waals surface area contributed by atoms with Crippen LogP contribution in [0.3, 0.4) is 0 Å². The lowest BCUT2D eigenvalue weighted by atomic mass is 10.1. The predicted octanol–water partition coefficient (Wildman–Crippen LogP) is 4.09. The average molecular weight is 441 g/mol. The number of hydrogen-bond acceptors (Lipinski definition) is 6. The molecule has 0 saturated heterocycles. The van der Waals surface area contributed by atoms with E-state index in [1.807, 2.05) is 0 Å². The first-order valence-electron chi connectivity index (χ1n) is 9.11. The number of hydrogen-bond donors (Lipinski definition) is 1. The van der Waals surface area contributed by atoms with Gasteiger partial charge in [0.25, 0.3) is 5.69 Å². The Hall–Kier alpha value is -3.50. The summed E-state index contributed by atoms with van der Waals surface area (Å²) in [7, 11) is 4.62. The van der Waals surface area contributed by atoms with Gasteiger partial charge in [0, 0.05) is 44.3 Å². The van der Waals surface area contributed by atoms with Crippen molar-refractivity contribution in [1.82, 2.24) is 4.90 Å². The van der Waals surface area contributed by atoms with Gasteiger partial charge >= 0.3 is 6.18 Å². The van der Waals surface area contributed by atoms with E-state index in [0.717, 1.165) is 17.7 Å². The van der Waals surface area contributed by atoms with Crippen molar-refractivity contribution in [2.45, 2.75) is 19.1 Å². The number of halogens is 3. The van der Waals surface area contributed by atoms with E-state index in [0.29, 0.717) is 17.6 Å². The fourth-order valence-electron chi connectivity index (χ4n) is 2.83. The second-order valence-electron chi connectivity index (χ2n) is 6.59. The van der Waals surface area contributed by atoms with Crippen LogP contribution < -0.4 is 14.8 Å². The van der Waals surface area contributed by atoms with Crippen LogP contribution in [0.4, 0.5) is 24.5 Å². The number of nitrogens with one attached hydrogen (secondary N) is 1. The lowest BCUT2D eigenvalue weighted by Gasteiger charge is -2.19. The van der Waals surface area contributed by atoms with E-state index < -0.39 is 22.4 Å². The molecule has 0 radical (unpaired) electrons. The van der Waals surface area contributed by atoms with E-state index in [-0.39, 0.29) is 31.1 Å². The zero-order chi connectivity index (χ0) is 23.2. The van der Waals surface area contributed by atoms with Crippen molar-refractivity contribution in [3.05, 3.63) is 57.6 Å². The molecule has 0 unspecified atom stereocenters. The molecule has 2 aromatic rings. The minimum atomic E-state index is -4.69. The highest BCUT2D eigenvalue weighted by Crippen LogP contribution is 2.35. The highest BCUT2D eigenvalue weighted by atomic mass is 19.4. The Morgan fingerprint density at radius 3 is 2.45 bits per heavy atom. The molecule has 1 amide bonds. The van der Waals surface area contributed by atoms with Gasteiger partial charge in [-0.15, -0.1) is 0 Å². The molecule has 0 aliphatic carbocycles. The van der Waals surface area contributed by atoms with Crippen molar-refractivity contribution in [3.8, 4) is 11.5 Å². The molecule has 0 aliphatic heterocycles. The molecule has 31 heavy (non-hydrogen) atoms. The number of nitro benzene ring substituents is 1. The molecule has 0 aliphatic rings. The summed E-state index contributed by atoms with van der Waals surface area (Å²) in [6.07, 6.45) is -4.71. The second-order valence-corrected chi connectivity index (χ2v) is 6.59. The van der Waals surface area contributed by atoms with Gasteiger partial charge in [0.05, 0.1) is 24.7 Å². The lowest BCUT2D eigenvalue weighted by molar-refractivity contribution is -0.384. The minimum Gasteiger partial charge on any atom is -0.497 e. The summed E-state index contributed by atoms with van der Waals surface area (Å²) in [5, 5.41) is 13.8. The number of benzene rings is 2. The normalized spacial score (nSPS) is 11.0. The van der Waals surface area contributed by atoms with Gasteiger partial charge in [-0.25, -0.2) is 0 Å². The van der Waals surface area contributed by atoms with Gasteiger partial charge in [-0.2, -0.15) is 13.2 Å². The Morgan fingerprint density at radius 2 is 1.87 bits per heavy atom. The monoisotopic (exact) mass is 441 g/mol. The summed E-state index contributed by atoms with van der Waals surface area (Å²) in [6.45, 7) is 0.265. The molecule has 11 heteroatoms. The van der Waals surface area contributed by atoms with Gasteiger partial charge in [-0.1, -0.05) is 0 Å². The number of amides is 1. The molecule has 0 bridgehead atoms. The van der Waals surface area contributed by atoms with Gasteiger partial charge in [0.15, 0.2) is 0 Å². The third kappa shape index (κ3) is 6.24. The fraction of sp³-hybridized carbons (Fsp3) is 0.350. The minimum absolute atomic E-state index is 0.00905. The van der Waals surface area contributed by atoms with Crippen LogP contribution in [-0.2, 0) is 17.5 Å². The Labute approximate surface area is 176 Å². The van der Waals surface area contributed by atoms with E-state index in [1.54, 1.807) is 25.2 Å². The first-order chi connectivity index (χ1) is 14.6. The zero-order valence-electron chi connectivity index (χ0n) is 17.2. The molecule has 0 aromatic heterocycles. The first kappa shape index (κ1) is 23.8. The zero-order valence-corrected chi connectivity index (χ0v) is 17.2. The molecule has 0 saturated carbocycles. The van der Waals surface area contributed by atoms with Gasteiger partial charge in [0.2, 0.25) is 5.91 Å². The molecular formula is C20H22F3N3O5. The lowest BCUT2D eigenvalue weighted by Crippen LogP contribution is -2.28. The molecule has 2 aromatic carbocycles. The number of carbonyl (C=O) groups is 1. The molecule has 2 rings (SSSR count). The molecule has 168 valence electrons. The second kappa shape index (κ2) is 10.0. The molecular weight excluding hydrogens is 419 g/mol. The van der Waals surface area contributed by atoms with Crippen LogP contribution in [0.1, 0.15) is 17.5 Å². The molecule has 8 nitrogen and oxygen atoms in total. The van der Waals surface area contributed by atoms with Crippen LogP contribution in [0.2, 0.25) is 0 Å². The Balaban J connectivity index is 1.99. The molecule has 0 atom stereocenters. The quantitative estimate of drug-likeness (QED) is 0.465.